The molecule has 4 nitrogen and oxygen atoms in total. The molecule has 1 N–H and O–H groups in total. The molecule has 0 spiro atoms. The van der Waals surface area contributed by atoms with Crippen LogP contribution in [0, 0.1) is 5.82 Å². The third-order valence-electron chi connectivity index (χ3n) is 1.77. The molecule has 2 aromatic rings. The third kappa shape index (κ3) is 2.05. The maximum Gasteiger partial charge on any atom is 0.259 e. The summed E-state index contributed by atoms with van der Waals surface area (Å²) < 4.78 is 18.2. The van der Waals surface area contributed by atoms with Crippen molar-refractivity contribution in [2.24, 2.45) is 0 Å². The maximum absolute atomic E-state index is 12.8. The molecule has 15 heavy (non-hydrogen) atoms. The summed E-state index contributed by atoms with van der Waals surface area (Å²) in [5, 5.41) is 12.3. The molecule has 78 valence electrons. The van der Waals surface area contributed by atoms with Gasteiger partial charge in [0, 0.05) is 4.47 Å². The summed E-state index contributed by atoms with van der Waals surface area (Å²) in [6.45, 7) is -0.289. The van der Waals surface area contributed by atoms with Gasteiger partial charge >= 0.3 is 0 Å². The van der Waals surface area contributed by atoms with E-state index in [1.54, 1.807) is 0 Å². The van der Waals surface area contributed by atoms with Gasteiger partial charge in [-0.1, -0.05) is 5.16 Å². The first-order valence-corrected chi connectivity index (χ1v) is 4.89. The Bertz CT molecular complexity index is 487. The van der Waals surface area contributed by atoms with Crippen LogP contribution in [0.5, 0.6) is 0 Å². The van der Waals surface area contributed by atoms with E-state index < -0.39 is 0 Å². The van der Waals surface area contributed by atoms with Crippen LogP contribution in [0.25, 0.3) is 11.5 Å². The minimum atomic E-state index is -0.354. The number of aliphatic hydroxyl groups is 1. The number of nitrogens with zero attached hydrogens (tertiary/aromatic N) is 2. The molecule has 1 heterocycles. The van der Waals surface area contributed by atoms with Crippen LogP contribution < -0.4 is 0 Å². The van der Waals surface area contributed by atoms with Gasteiger partial charge in [-0.2, -0.15) is 4.98 Å². The van der Waals surface area contributed by atoms with Crippen LogP contribution in [0.4, 0.5) is 4.39 Å². The van der Waals surface area contributed by atoms with E-state index in [9.17, 15) is 4.39 Å². The Morgan fingerprint density at radius 1 is 1.47 bits per heavy atom. The van der Waals surface area contributed by atoms with Crippen LogP contribution in [0.1, 0.15) is 5.82 Å². The molecule has 6 heteroatoms. The lowest BCUT2D eigenvalue weighted by atomic mass is 10.2. The van der Waals surface area contributed by atoms with E-state index in [2.05, 4.69) is 26.1 Å². The van der Waals surface area contributed by atoms with Crippen LogP contribution in [0.3, 0.4) is 0 Å². The fourth-order valence-electron chi connectivity index (χ4n) is 1.09. The molecule has 0 atom stereocenters. The Kier molecular flexibility index (Phi) is 2.79. The van der Waals surface area contributed by atoms with Gasteiger partial charge in [0.25, 0.3) is 5.89 Å². The molecule has 0 saturated carbocycles. The minimum Gasteiger partial charge on any atom is -0.388 e. The summed E-state index contributed by atoms with van der Waals surface area (Å²) in [6, 6.07) is 4.12. The Hall–Kier alpha value is -1.27. The van der Waals surface area contributed by atoms with Crippen molar-refractivity contribution in [3.63, 3.8) is 0 Å². The molecule has 0 aliphatic rings. The SMILES string of the molecule is OCc1noc(-c2ccc(F)cc2Br)n1. The van der Waals surface area contributed by atoms with E-state index in [4.69, 9.17) is 9.63 Å². The fourth-order valence-corrected chi connectivity index (χ4v) is 1.61. The van der Waals surface area contributed by atoms with Crippen molar-refractivity contribution in [2.75, 3.05) is 0 Å². The van der Waals surface area contributed by atoms with Crippen molar-refractivity contribution in [2.45, 2.75) is 6.61 Å². The molecule has 1 aromatic heterocycles. The van der Waals surface area contributed by atoms with Gasteiger partial charge in [-0.3, -0.25) is 0 Å². The standard InChI is InChI=1S/C9H6BrFN2O2/c10-7-3-5(11)1-2-6(7)9-12-8(4-14)13-15-9/h1-3,14H,4H2. The average molecular weight is 273 g/mol. The van der Waals surface area contributed by atoms with Gasteiger partial charge in [0.15, 0.2) is 5.82 Å². The van der Waals surface area contributed by atoms with Crippen molar-refractivity contribution in [3.05, 3.63) is 34.3 Å². The highest BCUT2D eigenvalue weighted by Gasteiger charge is 2.11. The van der Waals surface area contributed by atoms with E-state index in [-0.39, 0.29) is 24.1 Å². The number of hydrogen-bond donors (Lipinski definition) is 1. The molecule has 0 unspecified atom stereocenters. The molecule has 0 radical (unpaired) electrons. The van der Waals surface area contributed by atoms with Gasteiger partial charge in [0.2, 0.25) is 0 Å². The van der Waals surface area contributed by atoms with Crippen LogP contribution in [-0.2, 0) is 6.61 Å². The molecule has 0 aliphatic heterocycles. The number of aromatic nitrogens is 2. The lowest BCUT2D eigenvalue weighted by Crippen LogP contribution is -1.86. The van der Waals surface area contributed by atoms with E-state index >= 15 is 0 Å². The quantitative estimate of drug-likeness (QED) is 0.910. The molecule has 0 fully saturated rings. The molecular formula is C9H6BrFN2O2. The van der Waals surface area contributed by atoms with Gasteiger partial charge in [0.1, 0.15) is 12.4 Å². The van der Waals surface area contributed by atoms with Crippen LogP contribution >= 0.6 is 15.9 Å². The summed E-state index contributed by atoms with van der Waals surface area (Å²) >= 11 is 3.18. The molecular weight excluding hydrogens is 267 g/mol. The van der Waals surface area contributed by atoms with E-state index in [1.165, 1.54) is 18.2 Å². The highest BCUT2D eigenvalue weighted by molar-refractivity contribution is 9.10. The zero-order chi connectivity index (χ0) is 10.8. The van der Waals surface area contributed by atoms with Gasteiger partial charge in [0.05, 0.1) is 5.56 Å². The number of benzene rings is 1. The second kappa shape index (κ2) is 4.08. The van der Waals surface area contributed by atoms with Crippen molar-refractivity contribution < 1.29 is 14.0 Å². The minimum absolute atomic E-state index is 0.196. The summed E-state index contributed by atoms with van der Waals surface area (Å²) in [4.78, 5) is 3.91. The highest BCUT2D eigenvalue weighted by atomic mass is 79.9. The predicted octanol–water partition coefficient (Wildman–Crippen LogP) is 2.13. The van der Waals surface area contributed by atoms with E-state index in [0.717, 1.165) is 0 Å². The third-order valence-corrected chi connectivity index (χ3v) is 2.43. The van der Waals surface area contributed by atoms with Crippen LogP contribution in [-0.4, -0.2) is 15.2 Å². The first-order valence-electron chi connectivity index (χ1n) is 4.09. The van der Waals surface area contributed by atoms with Crippen molar-refractivity contribution in [1.29, 1.82) is 0 Å². The summed E-state index contributed by atoms with van der Waals surface area (Å²) in [6.07, 6.45) is 0. The lowest BCUT2D eigenvalue weighted by Gasteiger charge is -1.97. The number of rotatable bonds is 2. The smallest absolute Gasteiger partial charge is 0.259 e. The molecule has 0 amide bonds. The van der Waals surface area contributed by atoms with Crippen LogP contribution in [0.15, 0.2) is 27.2 Å². The summed E-state index contributed by atoms with van der Waals surface area (Å²) in [5.41, 5.74) is 0.587. The first-order chi connectivity index (χ1) is 7.20. The number of hydrogen-bond acceptors (Lipinski definition) is 4. The van der Waals surface area contributed by atoms with Crippen molar-refractivity contribution >= 4 is 15.9 Å². The second-order valence-corrected chi connectivity index (χ2v) is 3.65. The maximum atomic E-state index is 12.8. The Labute approximate surface area is 92.9 Å². The van der Waals surface area contributed by atoms with Gasteiger partial charge in [-0.15, -0.1) is 0 Å². The van der Waals surface area contributed by atoms with E-state index in [1.807, 2.05) is 0 Å². The first kappa shape index (κ1) is 10.3. The monoisotopic (exact) mass is 272 g/mol. The second-order valence-electron chi connectivity index (χ2n) is 2.80. The normalized spacial score (nSPS) is 10.6. The Morgan fingerprint density at radius 3 is 2.87 bits per heavy atom. The number of halogens is 2. The van der Waals surface area contributed by atoms with Gasteiger partial charge < -0.3 is 9.63 Å². The van der Waals surface area contributed by atoms with Crippen molar-refractivity contribution in [3.8, 4) is 11.5 Å². The number of aliphatic hydroxyl groups excluding tert-OH is 1. The summed E-state index contributed by atoms with van der Waals surface area (Å²) in [5.74, 6) is 0.0830. The summed E-state index contributed by atoms with van der Waals surface area (Å²) in [7, 11) is 0. The van der Waals surface area contributed by atoms with E-state index in [0.29, 0.717) is 10.0 Å². The van der Waals surface area contributed by atoms with Crippen LogP contribution in [0.2, 0.25) is 0 Å². The molecule has 2 rings (SSSR count). The molecule has 1 aromatic carbocycles. The highest BCUT2D eigenvalue weighted by Crippen LogP contribution is 2.27. The lowest BCUT2D eigenvalue weighted by molar-refractivity contribution is 0.264. The van der Waals surface area contributed by atoms with Gasteiger partial charge in [-0.05, 0) is 34.1 Å². The zero-order valence-corrected chi connectivity index (χ0v) is 9.03. The fraction of sp³-hybridized carbons (Fsp3) is 0.111. The Balaban J connectivity index is 2.44. The van der Waals surface area contributed by atoms with Gasteiger partial charge in [-0.25, -0.2) is 4.39 Å². The predicted molar refractivity (Wildman–Crippen MR) is 53.3 cm³/mol. The zero-order valence-electron chi connectivity index (χ0n) is 7.44. The topological polar surface area (TPSA) is 59.2 Å². The largest absolute Gasteiger partial charge is 0.388 e. The molecule has 0 saturated heterocycles. The average Bonchev–Trinajstić information content (AvgIpc) is 2.66. The van der Waals surface area contributed by atoms with Crippen molar-refractivity contribution in [1.82, 2.24) is 10.1 Å². The molecule has 0 bridgehead atoms. The molecule has 0 aliphatic carbocycles. The Morgan fingerprint density at radius 2 is 2.27 bits per heavy atom.